The number of fused-ring (bicyclic) bond motifs is 1. The molecule has 0 spiro atoms. The smallest absolute Gasteiger partial charge is 0.231 e. The predicted molar refractivity (Wildman–Crippen MR) is 98.7 cm³/mol. The first-order valence-corrected chi connectivity index (χ1v) is 9.20. The number of carbonyl (C=O) groups excluding carboxylic acids is 1. The summed E-state index contributed by atoms with van der Waals surface area (Å²) in [4.78, 5) is 14.9. The van der Waals surface area contributed by atoms with Crippen LogP contribution in [-0.4, -0.2) is 29.9 Å². The number of hydrogen-bond acceptors (Lipinski definition) is 4. The molecule has 1 aliphatic carbocycles. The van der Waals surface area contributed by atoms with Crippen molar-refractivity contribution >= 4 is 11.7 Å². The number of nitrogens with zero attached hydrogens (tertiary/aromatic N) is 3. The highest BCUT2D eigenvalue weighted by atomic mass is 16.5. The zero-order valence-corrected chi connectivity index (χ0v) is 15.6. The Labute approximate surface area is 153 Å². The van der Waals surface area contributed by atoms with Gasteiger partial charge in [-0.15, -0.1) is 0 Å². The van der Waals surface area contributed by atoms with E-state index in [-0.39, 0.29) is 11.8 Å². The maximum absolute atomic E-state index is 13.0. The van der Waals surface area contributed by atoms with Crippen molar-refractivity contribution in [2.45, 2.75) is 45.2 Å². The van der Waals surface area contributed by atoms with Crippen molar-refractivity contribution in [2.75, 3.05) is 19.1 Å². The monoisotopic (exact) mass is 355 g/mol. The molecule has 26 heavy (non-hydrogen) atoms. The number of methoxy groups -OCH3 is 2. The molecule has 1 aromatic carbocycles. The molecule has 1 aromatic heterocycles. The van der Waals surface area contributed by atoms with Crippen LogP contribution in [0, 0.1) is 5.92 Å². The molecule has 4 rings (SSSR count). The van der Waals surface area contributed by atoms with E-state index in [0.717, 1.165) is 41.5 Å². The van der Waals surface area contributed by atoms with Crippen LogP contribution in [0.1, 0.15) is 43.4 Å². The van der Waals surface area contributed by atoms with Crippen molar-refractivity contribution in [2.24, 2.45) is 5.92 Å². The van der Waals surface area contributed by atoms with Crippen molar-refractivity contribution < 1.29 is 14.3 Å². The van der Waals surface area contributed by atoms with Crippen LogP contribution in [0.4, 0.5) is 5.82 Å². The minimum absolute atomic E-state index is 0.0229. The lowest BCUT2D eigenvalue weighted by atomic mass is 10.1. The van der Waals surface area contributed by atoms with Gasteiger partial charge in [0, 0.05) is 36.1 Å². The third-order valence-corrected chi connectivity index (χ3v) is 5.33. The molecule has 0 N–H and O–H groups in total. The summed E-state index contributed by atoms with van der Waals surface area (Å²) in [6.07, 6.45) is 3.22. The van der Waals surface area contributed by atoms with E-state index in [9.17, 15) is 4.79 Å². The molecule has 138 valence electrons. The van der Waals surface area contributed by atoms with Gasteiger partial charge in [-0.25, -0.2) is 4.68 Å². The molecule has 1 unspecified atom stereocenters. The van der Waals surface area contributed by atoms with E-state index in [4.69, 9.17) is 14.6 Å². The summed E-state index contributed by atoms with van der Waals surface area (Å²) >= 11 is 0. The van der Waals surface area contributed by atoms with Crippen LogP contribution >= 0.6 is 0 Å². The summed E-state index contributed by atoms with van der Waals surface area (Å²) in [6, 6.07) is 7.82. The molecule has 6 heteroatoms. The van der Waals surface area contributed by atoms with Gasteiger partial charge in [0.25, 0.3) is 0 Å². The Morgan fingerprint density at radius 2 is 1.96 bits per heavy atom. The van der Waals surface area contributed by atoms with Crippen LogP contribution in [0.15, 0.2) is 24.3 Å². The van der Waals surface area contributed by atoms with Gasteiger partial charge in [-0.1, -0.05) is 6.92 Å². The fraction of sp³-hybridized carbons (Fsp3) is 0.500. The van der Waals surface area contributed by atoms with Crippen LogP contribution in [0.3, 0.4) is 0 Å². The molecule has 1 amide bonds. The number of carbonyl (C=O) groups is 1. The lowest BCUT2D eigenvalue weighted by Gasteiger charge is -2.24. The third kappa shape index (κ3) is 3.04. The summed E-state index contributed by atoms with van der Waals surface area (Å²) in [6.45, 7) is 3.24. The molecule has 1 atom stereocenters. The molecule has 2 aromatic rings. The summed E-state index contributed by atoms with van der Waals surface area (Å²) in [7, 11) is 3.27. The van der Waals surface area contributed by atoms with Crippen molar-refractivity contribution in [3.05, 3.63) is 35.5 Å². The second kappa shape index (κ2) is 6.67. The molecule has 2 aliphatic rings. The minimum Gasteiger partial charge on any atom is -0.497 e. The molecule has 1 aliphatic heterocycles. The first-order valence-electron chi connectivity index (χ1n) is 9.20. The lowest BCUT2D eigenvalue weighted by Crippen LogP contribution is -2.34. The van der Waals surface area contributed by atoms with Crippen molar-refractivity contribution in [3.63, 3.8) is 0 Å². The molecule has 2 heterocycles. The van der Waals surface area contributed by atoms with Crippen LogP contribution in [0.25, 0.3) is 0 Å². The fourth-order valence-electron chi connectivity index (χ4n) is 3.52. The molecule has 0 radical (unpaired) electrons. The number of aryl methyl sites for hydroxylation is 1. The second-order valence-electron chi connectivity index (χ2n) is 7.22. The second-order valence-corrected chi connectivity index (χ2v) is 7.22. The van der Waals surface area contributed by atoms with E-state index >= 15 is 0 Å². The van der Waals surface area contributed by atoms with Crippen molar-refractivity contribution in [1.29, 1.82) is 0 Å². The van der Waals surface area contributed by atoms with E-state index in [0.29, 0.717) is 12.5 Å². The molecule has 1 saturated carbocycles. The number of amides is 1. The molecule has 1 fully saturated rings. The highest BCUT2D eigenvalue weighted by Gasteiger charge is 2.33. The van der Waals surface area contributed by atoms with Crippen LogP contribution in [-0.2, 0) is 17.9 Å². The Hall–Kier alpha value is -2.50. The quantitative estimate of drug-likeness (QED) is 0.825. The van der Waals surface area contributed by atoms with E-state index in [1.54, 1.807) is 14.2 Å². The Kier molecular flexibility index (Phi) is 4.34. The van der Waals surface area contributed by atoms with Crippen LogP contribution < -0.4 is 14.4 Å². The zero-order valence-electron chi connectivity index (χ0n) is 15.6. The van der Waals surface area contributed by atoms with Crippen LogP contribution in [0.5, 0.6) is 11.5 Å². The molecular weight excluding hydrogens is 330 g/mol. The van der Waals surface area contributed by atoms with E-state index in [2.05, 4.69) is 6.07 Å². The highest BCUT2D eigenvalue weighted by Crippen LogP contribution is 2.41. The number of hydrogen-bond donors (Lipinski definition) is 0. The Balaban J connectivity index is 1.70. The van der Waals surface area contributed by atoms with Gasteiger partial charge in [0.05, 0.1) is 26.5 Å². The Morgan fingerprint density at radius 3 is 2.65 bits per heavy atom. The van der Waals surface area contributed by atoms with Crippen molar-refractivity contribution in [3.8, 4) is 11.5 Å². The standard InChI is InChI=1S/C20H25N3O3/c1-13-8-9-23-19(11-17(21-23)14-4-5-14)22(20(13)24)12-15-6-7-16(25-2)10-18(15)26-3/h6-7,10-11,13-14H,4-5,8-9,12H2,1-3H3. The first kappa shape index (κ1) is 16.9. The van der Waals surface area contributed by atoms with Gasteiger partial charge < -0.3 is 9.47 Å². The predicted octanol–water partition coefficient (Wildman–Crippen LogP) is 3.35. The van der Waals surface area contributed by atoms with Gasteiger partial charge in [0.1, 0.15) is 17.3 Å². The number of aromatic nitrogens is 2. The zero-order chi connectivity index (χ0) is 18.3. The average Bonchev–Trinajstić information content (AvgIpc) is 3.44. The number of benzene rings is 1. The Bertz CT molecular complexity index is 826. The molecule has 6 nitrogen and oxygen atoms in total. The van der Waals surface area contributed by atoms with E-state index in [1.165, 1.54) is 12.8 Å². The summed E-state index contributed by atoms with van der Waals surface area (Å²) in [5.41, 5.74) is 2.07. The molecule has 0 saturated heterocycles. The van der Waals surface area contributed by atoms with Gasteiger partial charge in [0.15, 0.2) is 0 Å². The number of ether oxygens (including phenoxy) is 2. The fourth-order valence-corrected chi connectivity index (χ4v) is 3.52. The van der Waals surface area contributed by atoms with Crippen LogP contribution in [0.2, 0.25) is 0 Å². The average molecular weight is 355 g/mol. The Morgan fingerprint density at radius 1 is 1.15 bits per heavy atom. The first-order chi connectivity index (χ1) is 12.6. The maximum atomic E-state index is 13.0. The molecule has 0 bridgehead atoms. The third-order valence-electron chi connectivity index (χ3n) is 5.33. The van der Waals surface area contributed by atoms with E-state index in [1.807, 2.05) is 34.7 Å². The highest BCUT2D eigenvalue weighted by molar-refractivity contribution is 5.94. The van der Waals surface area contributed by atoms with Gasteiger partial charge >= 0.3 is 0 Å². The lowest BCUT2D eigenvalue weighted by molar-refractivity contribution is -0.122. The summed E-state index contributed by atoms with van der Waals surface area (Å²) in [5, 5.41) is 4.78. The van der Waals surface area contributed by atoms with Gasteiger partial charge in [-0.3, -0.25) is 9.69 Å². The summed E-state index contributed by atoms with van der Waals surface area (Å²) in [5.74, 6) is 3.05. The minimum atomic E-state index is -0.0229. The largest absolute Gasteiger partial charge is 0.497 e. The van der Waals surface area contributed by atoms with Gasteiger partial charge in [0.2, 0.25) is 5.91 Å². The van der Waals surface area contributed by atoms with Gasteiger partial charge in [-0.05, 0) is 31.4 Å². The van der Waals surface area contributed by atoms with Gasteiger partial charge in [-0.2, -0.15) is 5.10 Å². The SMILES string of the molecule is COc1ccc(CN2C(=O)C(C)CCn3nc(C4CC4)cc32)c(OC)c1. The normalized spacial score (nSPS) is 19.9. The molecular formula is C20H25N3O3. The van der Waals surface area contributed by atoms with Crippen molar-refractivity contribution in [1.82, 2.24) is 9.78 Å². The topological polar surface area (TPSA) is 56.6 Å². The number of anilines is 1. The summed E-state index contributed by atoms with van der Waals surface area (Å²) < 4.78 is 12.8. The van der Waals surface area contributed by atoms with E-state index < -0.39 is 0 Å². The maximum Gasteiger partial charge on any atom is 0.231 e. The number of rotatable bonds is 5.